The van der Waals surface area contributed by atoms with E-state index >= 15 is 0 Å². The van der Waals surface area contributed by atoms with Gasteiger partial charge in [-0.3, -0.25) is 0 Å². The molecule has 0 nitrogen and oxygen atoms in total. The van der Waals surface area contributed by atoms with Crippen molar-refractivity contribution in [2.24, 2.45) is 0 Å². The molecular formula is C40H64. The SMILES string of the molecule is C=C/C=C(/CC)C(=C)C.C=Cc1ccc(CC(=C)C)cc1.CC.CC.CCCCC(C)(CC)c1ccc(C)cc1. The molecule has 1 unspecified atom stereocenters. The van der Waals surface area contributed by atoms with Crippen molar-refractivity contribution in [2.75, 3.05) is 0 Å². The van der Waals surface area contributed by atoms with Gasteiger partial charge in [0, 0.05) is 0 Å². The molecule has 0 heteroatoms. The van der Waals surface area contributed by atoms with E-state index in [1.165, 1.54) is 59.1 Å². The fourth-order valence-corrected chi connectivity index (χ4v) is 3.87. The van der Waals surface area contributed by atoms with Crippen molar-refractivity contribution < 1.29 is 0 Å². The Balaban J connectivity index is -0.000000496. The molecule has 0 spiro atoms. The van der Waals surface area contributed by atoms with Gasteiger partial charge < -0.3 is 0 Å². The van der Waals surface area contributed by atoms with E-state index in [-0.39, 0.29) is 0 Å². The molecule has 0 bridgehead atoms. The third-order valence-electron chi connectivity index (χ3n) is 6.58. The van der Waals surface area contributed by atoms with E-state index in [0.717, 1.165) is 18.4 Å². The number of unbranched alkanes of at least 4 members (excludes halogenated alkanes) is 1. The zero-order valence-electron chi connectivity index (χ0n) is 28.4. The minimum absolute atomic E-state index is 0.379. The van der Waals surface area contributed by atoms with Crippen LogP contribution in [0.3, 0.4) is 0 Å². The van der Waals surface area contributed by atoms with E-state index in [0.29, 0.717) is 5.41 Å². The summed E-state index contributed by atoms with van der Waals surface area (Å²) in [6, 6.07) is 17.4. The summed E-state index contributed by atoms with van der Waals surface area (Å²) in [5, 5.41) is 0. The summed E-state index contributed by atoms with van der Waals surface area (Å²) in [5.41, 5.74) is 9.33. The van der Waals surface area contributed by atoms with E-state index in [9.17, 15) is 0 Å². The number of allylic oxidation sites excluding steroid dienone is 5. The summed E-state index contributed by atoms with van der Waals surface area (Å²) < 4.78 is 0. The molecule has 0 aliphatic heterocycles. The molecular weight excluding hydrogens is 480 g/mol. The van der Waals surface area contributed by atoms with Gasteiger partial charge in [0.2, 0.25) is 0 Å². The molecule has 0 amide bonds. The standard InChI is InChI=1S/C15H24.C12H14.C9H14.2C2H6/c1-5-7-12-15(4,6-2)14-10-8-13(3)9-11-14;1-4-11-5-7-12(8-6-11)9-10(2)3;1-5-7-9(6-2)8(3)4;2*1-2/h8-11H,5-7,12H2,1-4H3;4-8H,1-2,9H2,3H3;5,7H,1,3,6H2,2,4H3;2*1-2H3/b;;9-7-;;. The molecule has 0 aliphatic carbocycles. The number of benzene rings is 2. The van der Waals surface area contributed by atoms with Crippen molar-refractivity contribution in [3.63, 3.8) is 0 Å². The lowest BCUT2D eigenvalue weighted by atomic mass is 9.76. The monoisotopic (exact) mass is 545 g/mol. The Morgan fingerprint density at radius 3 is 1.68 bits per heavy atom. The Morgan fingerprint density at radius 1 is 0.825 bits per heavy atom. The molecule has 2 rings (SSSR count). The highest BCUT2D eigenvalue weighted by Gasteiger charge is 2.23. The summed E-state index contributed by atoms with van der Waals surface area (Å²) >= 11 is 0. The smallest absolute Gasteiger partial charge is 0.00726 e. The van der Waals surface area contributed by atoms with Gasteiger partial charge in [0.1, 0.15) is 0 Å². The van der Waals surface area contributed by atoms with Crippen molar-refractivity contribution in [3.05, 3.63) is 126 Å². The fraction of sp³-hybridized carbons (Fsp3) is 0.450. The topological polar surface area (TPSA) is 0 Å². The van der Waals surface area contributed by atoms with E-state index in [2.05, 4.69) is 109 Å². The van der Waals surface area contributed by atoms with Gasteiger partial charge in [-0.25, -0.2) is 0 Å². The summed E-state index contributed by atoms with van der Waals surface area (Å²) in [4.78, 5) is 0. The molecule has 2 aromatic rings. The predicted octanol–water partition coefficient (Wildman–Crippen LogP) is 13.4. The first-order valence-corrected chi connectivity index (χ1v) is 15.5. The first kappa shape index (κ1) is 41.6. The van der Waals surface area contributed by atoms with Gasteiger partial charge in [-0.1, -0.05) is 178 Å². The van der Waals surface area contributed by atoms with Gasteiger partial charge in [0.15, 0.2) is 0 Å². The Bertz CT molecular complexity index is 950. The molecule has 0 heterocycles. The number of rotatable bonds is 11. The third-order valence-corrected chi connectivity index (χ3v) is 6.58. The minimum atomic E-state index is 0.379. The molecule has 40 heavy (non-hydrogen) atoms. The second-order valence-corrected chi connectivity index (χ2v) is 10.0. The lowest BCUT2D eigenvalue weighted by Crippen LogP contribution is -2.20. The van der Waals surface area contributed by atoms with Gasteiger partial charge >= 0.3 is 0 Å². The van der Waals surface area contributed by atoms with Crippen LogP contribution in [0, 0.1) is 6.92 Å². The van der Waals surface area contributed by atoms with Crippen molar-refractivity contribution >= 4 is 6.08 Å². The second-order valence-electron chi connectivity index (χ2n) is 10.0. The molecule has 0 fully saturated rings. The lowest BCUT2D eigenvalue weighted by molar-refractivity contribution is 0.403. The van der Waals surface area contributed by atoms with Crippen LogP contribution in [0.5, 0.6) is 0 Å². The summed E-state index contributed by atoms with van der Waals surface area (Å²) in [6.07, 6.45) is 12.8. The first-order valence-electron chi connectivity index (χ1n) is 15.5. The number of hydrogen-bond acceptors (Lipinski definition) is 0. The summed E-state index contributed by atoms with van der Waals surface area (Å²) in [6.45, 7) is 38.3. The Hall–Kier alpha value is -2.86. The summed E-state index contributed by atoms with van der Waals surface area (Å²) in [5.74, 6) is 0. The Kier molecular flexibility index (Phi) is 27.4. The molecule has 224 valence electrons. The van der Waals surface area contributed by atoms with Crippen molar-refractivity contribution in [3.8, 4) is 0 Å². The average molecular weight is 545 g/mol. The Morgan fingerprint density at radius 2 is 1.35 bits per heavy atom. The van der Waals surface area contributed by atoms with E-state index < -0.39 is 0 Å². The number of hydrogen-bond donors (Lipinski definition) is 0. The van der Waals surface area contributed by atoms with Crippen LogP contribution in [0.15, 0.2) is 104 Å². The molecule has 0 radical (unpaired) electrons. The second kappa shape index (κ2) is 26.4. The van der Waals surface area contributed by atoms with E-state index in [1.807, 2.05) is 53.7 Å². The third kappa shape index (κ3) is 19.2. The van der Waals surface area contributed by atoms with Crippen LogP contribution in [0.1, 0.15) is 124 Å². The maximum Gasteiger partial charge on any atom is -0.00726 e. The fourth-order valence-electron chi connectivity index (χ4n) is 3.87. The summed E-state index contributed by atoms with van der Waals surface area (Å²) in [7, 11) is 0. The highest BCUT2D eigenvalue weighted by atomic mass is 14.3. The molecule has 0 aliphatic rings. The van der Waals surface area contributed by atoms with Gasteiger partial charge in [-0.2, -0.15) is 0 Å². The average Bonchev–Trinajstić information content (AvgIpc) is 2.97. The van der Waals surface area contributed by atoms with Crippen molar-refractivity contribution in [1.29, 1.82) is 0 Å². The normalized spacial score (nSPS) is 11.2. The zero-order valence-corrected chi connectivity index (χ0v) is 28.4. The van der Waals surface area contributed by atoms with Crippen LogP contribution >= 0.6 is 0 Å². The maximum absolute atomic E-state index is 3.87. The quantitative estimate of drug-likeness (QED) is 0.195. The molecule has 1 atom stereocenters. The van der Waals surface area contributed by atoms with Gasteiger partial charge in [0.25, 0.3) is 0 Å². The molecule has 0 aromatic heterocycles. The predicted molar refractivity (Wildman–Crippen MR) is 189 cm³/mol. The van der Waals surface area contributed by atoms with Crippen molar-refractivity contribution in [2.45, 2.75) is 120 Å². The maximum atomic E-state index is 3.87. The van der Waals surface area contributed by atoms with E-state index in [1.54, 1.807) is 6.08 Å². The van der Waals surface area contributed by atoms with Crippen LogP contribution in [0.25, 0.3) is 6.08 Å². The zero-order chi connectivity index (χ0) is 31.6. The van der Waals surface area contributed by atoms with Crippen LogP contribution in [0.4, 0.5) is 0 Å². The first-order chi connectivity index (χ1) is 19.1. The van der Waals surface area contributed by atoms with Gasteiger partial charge in [0.05, 0.1) is 0 Å². The highest BCUT2D eigenvalue weighted by molar-refractivity contribution is 5.47. The molecule has 0 N–H and O–H groups in total. The molecule has 0 saturated carbocycles. The lowest BCUT2D eigenvalue weighted by Gasteiger charge is -2.29. The largest absolute Gasteiger partial charge is 0.0998 e. The van der Waals surface area contributed by atoms with Crippen LogP contribution in [-0.2, 0) is 11.8 Å². The molecule has 2 aromatic carbocycles. The number of aryl methyl sites for hydroxylation is 1. The van der Waals surface area contributed by atoms with Crippen LogP contribution in [-0.4, -0.2) is 0 Å². The highest BCUT2D eigenvalue weighted by Crippen LogP contribution is 2.33. The van der Waals surface area contributed by atoms with Gasteiger partial charge in [-0.15, -0.1) is 0 Å². The van der Waals surface area contributed by atoms with Gasteiger partial charge in [-0.05, 0) is 74.1 Å². The minimum Gasteiger partial charge on any atom is -0.0998 e. The molecule has 0 saturated heterocycles. The van der Waals surface area contributed by atoms with Crippen LogP contribution in [0.2, 0.25) is 0 Å². The van der Waals surface area contributed by atoms with E-state index in [4.69, 9.17) is 0 Å². The Labute approximate surface area is 251 Å². The van der Waals surface area contributed by atoms with Crippen molar-refractivity contribution in [1.82, 2.24) is 0 Å². The van der Waals surface area contributed by atoms with Crippen LogP contribution < -0.4 is 0 Å².